The standard InChI is InChI=1S/C11H17N3O/c1-14-10-2-7-15-11(9(10)8-13-14)3-5-12-6-4-11/h8,12H,2-7H2,1H3. The molecule has 15 heavy (non-hydrogen) atoms. The Morgan fingerprint density at radius 2 is 2.27 bits per heavy atom. The van der Waals surface area contributed by atoms with E-state index in [0.717, 1.165) is 39.0 Å². The van der Waals surface area contributed by atoms with Crippen molar-refractivity contribution < 1.29 is 4.74 Å². The third kappa shape index (κ3) is 1.32. The van der Waals surface area contributed by atoms with Crippen LogP contribution in [-0.4, -0.2) is 29.5 Å². The zero-order chi connectivity index (χ0) is 10.3. The van der Waals surface area contributed by atoms with Gasteiger partial charge in [-0.15, -0.1) is 0 Å². The van der Waals surface area contributed by atoms with Crippen LogP contribution in [0, 0.1) is 0 Å². The normalized spacial score (nSPS) is 24.1. The number of nitrogens with zero attached hydrogens (tertiary/aromatic N) is 2. The molecule has 0 unspecified atom stereocenters. The minimum absolute atomic E-state index is 0.0346. The van der Waals surface area contributed by atoms with E-state index in [9.17, 15) is 0 Å². The highest BCUT2D eigenvalue weighted by molar-refractivity contribution is 5.28. The van der Waals surface area contributed by atoms with E-state index in [0.29, 0.717) is 0 Å². The molecule has 0 aromatic carbocycles. The molecule has 3 rings (SSSR count). The number of piperidine rings is 1. The predicted molar refractivity (Wildman–Crippen MR) is 56.6 cm³/mol. The largest absolute Gasteiger partial charge is 0.370 e. The number of fused-ring (bicyclic) bond motifs is 2. The van der Waals surface area contributed by atoms with Crippen LogP contribution < -0.4 is 5.32 Å². The molecule has 1 saturated heterocycles. The summed E-state index contributed by atoms with van der Waals surface area (Å²) in [5, 5.41) is 7.75. The van der Waals surface area contributed by atoms with Gasteiger partial charge in [-0.25, -0.2) is 0 Å². The molecule has 82 valence electrons. The van der Waals surface area contributed by atoms with E-state index < -0.39 is 0 Å². The summed E-state index contributed by atoms with van der Waals surface area (Å²) in [6.07, 6.45) is 5.15. The Bertz CT molecular complexity index is 366. The van der Waals surface area contributed by atoms with Gasteiger partial charge in [-0.2, -0.15) is 5.10 Å². The summed E-state index contributed by atoms with van der Waals surface area (Å²) in [7, 11) is 2.03. The monoisotopic (exact) mass is 207 g/mol. The van der Waals surface area contributed by atoms with Crippen LogP contribution >= 0.6 is 0 Å². The molecule has 4 nitrogen and oxygen atoms in total. The molecular weight excluding hydrogens is 190 g/mol. The van der Waals surface area contributed by atoms with Crippen molar-refractivity contribution in [1.82, 2.24) is 15.1 Å². The lowest BCUT2D eigenvalue weighted by Crippen LogP contribution is -2.44. The maximum Gasteiger partial charge on any atom is 0.0988 e. The summed E-state index contributed by atoms with van der Waals surface area (Å²) in [6.45, 7) is 2.94. The molecule has 0 amide bonds. The van der Waals surface area contributed by atoms with Gasteiger partial charge in [0.25, 0.3) is 0 Å². The number of nitrogens with one attached hydrogen (secondary N) is 1. The Kier molecular flexibility index (Phi) is 2.07. The van der Waals surface area contributed by atoms with Crippen LogP contribution in [0.4, 0.5) is 0 Å². The number of hydrogen-bond acceptors (Lipinski definition) is 3. The molecule has 1 N–H and O–H groups in total. The van der Waals surface area contributed by atoms with E-state index in [2.05, 4.69) is 10.4 Å². The first-order valence-corrected chi connectivity index (χ1v) is 5.68. The fourth-order valence-corrected chi connectivity index (χ4v) is 2.81. The quantitative estimate of drug-likeness (QED) is 0.676. The number of rotatable bonds is 0. The highest BCUT2D eigenvalue weighted by Crippen LogP contribution is 2.39. The number of ether oxygens (including phenoxy) is 1. The molecular formula is C11H17N3O. The summed E-state index contributed by atoms with van der Waals surface area (Å²) in [5.74, 6) is 0. The van der Waals surface area contributed by atoms with Gasteiger partial charge in [0.2, 0.25) is 0 Å². The van der Waals surface area contributed by atoms with Crippen LogP contribution in [-0.2, 0) is 23.8 Å². The van der Waals surface area contributed by atoms with Gasteiger partial charge in [0, 0.05) is 24.7 Å². The molecule has 0 saturated carbocycles. The average molecular weight is 207 g/mol. The molecule has 0 radical (unpaired) electrons. The van der Waals surface area contributed by atoms with Crippen molar-refractivity contribution in [1.29, 1.82) is 0 Å². The highest BCUT2D eigenvalue weighted by atomic mass is 16.5. The lowest BCUT2D eigenvalue weighted by Gasteiger charge is -2.40. The predicted octanol–water partition coefficient (Wildman–Crippen LogP) is 0.571. The second kappa shape index (κ2) is 3.32. The van der Waals surface area contributed by atoms with E-state index >= 15 is 0 Å². The number of aryl methyl sites for hydroxylation is 1. The minimum Gasteiger partial charge on any atom is -0.370 e. The SMILES string of the molecule is Cn1ncc2c1CCOC21CCNCC1. The van der Waals surface area contributed by atoms with Crippen LogP contribution in [0.15, 0.2) is 6.20 Å². The van der Waals surface area contributed by atoms with E-state index in [4.69, 9.17) is 4.74 Å². The Hall–Kier alpha value is -0.870. The molecule has 0 bridgehead atoms. The van der Waals surface area contributed by atoms with Gasteiger partial charge in [-0.3, -0.25) is 4.68 Å². The van der Waals surface area contributed by atoms with Crippen molar-refractivity contribution >= 4 is 0 Å². The van der Waals surface area contributed by atoms with Crippen LogP contribution in [0.1, 0.15) is 24.1 Å². The maximum absolute atomic E-state index is 6.05. The molecule has 4 heteroatoms. The zero-order valence-corrected chi connectivity index (χ0v) is 9.12. The Balaban J connectivity index is 2.04. The molecule has 1 aromatic heterocycles. The molecule has 1 fully saturated rings. The van der Waals surface area contributed by atoms with E-state index in [-0.39, 0.29) is 5.60 Å². The Morgan fingerprint density at radius 3 is 3.07 bits per heavy atom. The van der Waals surface area contributed by atoms with E-state index in [1.165, 1.54) is 11.3 Å². The number of aromatic nitrogens is 2. The molecule has 3 heterocycles. The third-order valence-electron chi connectivity index (χ3n) is 3.68. The van der Waals surface area contributed by atoms with Gasteiger partial charge in [-0.1, -0.05) is 0 Å². The second-order valence-corrected chi connectivity index (χ2v) is 4.47. The van der Waals surface area contributed by atoms with Crippen molar-refractivity contribution in [3.63, 3.8) is 0 Å². The van der Waals surface area contributed by atoms with Gasteiger partial charge in [0.15, 0.2) is 0 Å². The van der Waals surface area contributed by atoms with E-state index in [1.54, 1.807) is 0 Å². The summed E-state index contributed by atoms with van der Waals surface area (Å²) in [6, 6.07) is 0. The molecule has 2 aliphatic heterocycles. The van der Waals surface area contributed by atoms with Crippen molar-refractivity contribution in [2.45, 2.75) is 24.9 Å². The lowest BCUT2D eigenvalue weighted by molar-refractivity contribution is -0.0808. The van der Waals surface area contributed by atoms with Crippen LogP contribution in [0.3, 0.4) is 0 Å². The fourth-order valence-electron chi connectivity index (χ4n) is 2.81. The number of hydrogen-bond donors (Lipinski definition) is 1. The van der Waals surface area contributed by atoms with Gasteiger partial charge in [0.1, 0.15) is 0 Å². The lowest BCUT2D eigenvalue weighted by atomic mass is 9.83. The average Bonchev–Trinajstić information content (AvgIpc) is 2.64. The van der Waals surface area contributed by atoms with E-state index in [1.807, 2.05) is 17.9 Å². The fraction of sp³-hybridized carbons (Fsp3) is 0.727. The maximum atomic E-state index is 6.05. The van der Waals surface area contributed by atoms with Crippen molar-refractivity contribution in [2.24, 2.45) is 7.05 Å². The van der Waals surface area contributed by atoms with Gasteiger partial charge in [-0.05, 0) is 25.9 Å². The third-order valence-corrected chi connectivity index (χ3v) is 3.68. The summed E-state index contributed by atoms with van der Waals surface area (Å²) in [4.78, 5) is 0. The molecule has 0 atom stereocenters. The molecule has 1 spiro atoms. The first-order valence-electron chi connectivity index (χ1n) is 5.68. The van der Waals surface area contributed by atoms with Gasteiger partial charge < -0.3 is 10.1 Å². The van der Waals surface area contributed by atoms with Crippen LogP contribution in [0.5, 0.6) is 0 Å². The Morgan fingerprint density at radius 1 is 1.47 bits per heavy atom. The van der Waals surface area contributed by atoms with Crippen molar-refractivity contribution in [3.05, 3.63) is 17.5 Å². The van der Waals surface area contributed by atoms with Crippen molar-refractivity contribution in [3.8, 4) is 0 Å². The van der Waals surface area contributed by atoms with Gasteiger partial charge in [0.05, 0.1) is 18.4 Å². The topological polar surface area (TPSA) is 39.1 Å². The zero-order valence-electron chi connectivity index (χ0n) is 9.12. The molecule has 2 aliphatic rings. The summed E-state index contributed by atoms with van der Waals surface area (Å²) < 4.78 is 8.05. The van der Waals surface area contributed by atoms with Crippen molar-refractivity contribution in [2.75, 3.05) is 19.7 Å². The smallest absolute Gasteiger partial charge is 0.0988 e. The van der Waals surface area contributed by atoms with Crippen LogP contribution in [0.25, 0.3) is 0 Å². The summed E-state index contributed by atoms with van der Waals surface area (Å²) >= 11 is 0. The van der Waals surface area contributed by atoms with Gasteiger partial charge >= 0.3 is 0 Å². The summed E-state index contributed by atoms with van der Waals surface area (Å²) in [5.41, 5.74) is 2.66. The molecule has 1 aromatic rings. The molecule has 0 aliphatic carbocycles. The minimum atomic E-state index is -0.0346. The highest BCUT2D eigenvalue weighted by Gasteiger charge is 2.40. The van der Waals surface area contributed by atoms with Crippen LogP contribution in [0.2, 0.25) is 0 Å². The Labute approximate surface area is 89.6 Å². The first kappa shape index (κ1) is 9.36. The first-order chi connectivity index (χ1) is 7.32. The second-order valence-electron chi connectivity index (χ2n) is 4.47.